The van der Waals surface area contributed by atoms with Gasteiger partial charge in [0.2, 0.25) is 5.91 Å². The second kappa shape index (κ2) is 4.58. The molecule has 0 bridgehead atoms. The second-order valence-electron chi connectivity index (χ2n) is 3.74. The van der Waals surface area contributed by atoms with E-state index >= 15 is 0 Å². The van der Waals surface area contributed by atoms with Crippen LogP contribution in [0.25, 0.3) is 10.2 Å². The van der Waals surface area contributed by atoms with Gasteiger partial charge in [-0.1, -0.05) is 23.5 Å². The van der Waals surface area contributed by atoms with Gasteiger partial charge in [-0.05, 0) is 18.2 Å². The second-order valence-corrected chi connectivity index (χ2v) is 4.77. The van der Waals surface area contributed by atoms with Gasteiger partial charge in [0.05, 0.1) is 10.2 Å². The van der Waals surface area contributed by atoms with E-state index in [1.165, 1.54) is 11.3 Å². The minimum Gasteiger partial charge on any atom is -0.300 e. The molecule has 3 rings (SSSR count). The molecule has 0 radical (unpaired) electrons. The van der Waals surface area contributed by atoms with Gasteiger partial charge >= 0.3 is 0 Å². The lowest BCUT2D eigenvalue weighted by Gasteiger charge is -2.00. The fourth-order valence-electron chi connectivity index (χ4n) is 1.63. The molecule has 1 N–H and O–H groups in total. The molecule has 0 atom stereocenters. The Morgan fingerprint density at radius 1 is 1.33 bits per heavy atom. The summed E-state index contributed by atoms with van der Waals surface area (Å²) in [5.41, 5.74) is 0.900. The largest absolute Gasteiger partial charge is 0.300 e. The van der Waals surface area contributed by atoms with Crippen LogP contribution in [0.3, 0.4) is 0 Å². The molecular weight excluding hydrogens is 248 g/mol. The SMILES string of the molecule is O=C(Cn1cccn1)Nc1nc2ccccc2s1. The van der Waals surface area contributed by atoms with Crippen molar-refractivity contribution in [1.82, 2.24) is 14.8 Å². The zero-order valence-electron chi connectivity index (χ0n) is 9.41. The Hall–Kier alpha value is -2.21. The molecule has 0 unspecified atom stereocenters. The Balaban J connectivity index is 1.74. The quantitative estimate of drug-likeness (QED) is 0.783. The Kier molecular flexibility index (Phi) is 2.77. The minimum atomic E-state index is -0.127. The number of aromatic nitrogens is 3. The van der Waals surface area contributed by atoms with Gasteiger partial charge < -0.3 is 5.32 Å². The van der Waals surface area contributed by atoms with Gasteiger partial charge in [-0.2, -0.15) is 5.10 Å². The Morgan fingerprint density at radius 2 is 2.22 bits per heavy atom. The number of benzene rings is 1. The van der Waals surface area contributed by atoms with Gasteiger partial charge in [0.15, 0.2) is 5.13 Å². The third kappa shape index (κ3) is 2.23. The van der Waals surface area contributed by atoms with Gasteiger partial charge in [0, 0.05) is 12.4 Å². The summed E-state index contributed by atoms with van der Waals surface area (Å²) in [6.07, 6.45) is 3.39. The van der Waals surface area contributed by atoms with Crippen molar-refractivity contribution >= 4 is 32.6 Å². The summed E-state index contributed by atoms with van der Waals surface area (Å²) in [7, 11) is 0. The maximum absolute atomic E-state index is 11.8. The van der Waals surface area contributed by atoms with E-state index in [4.69, 9.17) is 0 Å². The van der Waals surface area contributed by atoms with Crippen molar-refractivity contribution in [3.8, 4) is 0 Å². The number of amides is 1. The van der Waals surface area contributed by atoms with Gasteiger partial charge in [-0.15, -0.1) is 0 Å². The summed E-state index contributed by atoms with van der Waals surface area (Å²) in [6.45, 7) is 0.197. The first-order chi connectivity index (χ1) is 8.81. The zero-order chi connectivity index (χ0) is 12.4. The number of carbonyl (C=O) groups is 1. The van der Waals surface area contributed by atoms with Crippen LogP contribution in [-0.2, 0) is 11.3 Å². The van der Waals surface area contributed by atoms with E-state index in [2.05, 4.69) is 15.4 Å². The number of carbonyl (C=O) groups excluding carboxylic acids is 1. The monoisotopic (exact) mass is 258 g/mol. The Bertz CT molecular complexity index is 641. The van der Waals surface area contributed by atoms with Crippen molar-refractivity contribution in [3.05, 3.63) is 42.7 Å². The highest BCUT2D eigenvalue weighted by Crippen LogP contribution is 2.25. The summed E-state index contributed by atoms with van der Waals surface area (Å²) < 4.78 is 2.63. The van der Waals surface area contributed by atoms with Crippen LogP contribution in [0.5, 0.6) is 0 Å². The topological polar surface area (TPSA) is 59.8 Å². The average Bonchev–Trinajstić information content (AvgIpc) is 2.96. The summed E-state index contributed by atoms with van der Waals surface area (Å²) in [4.78, 5) is 16.1. The van der Waals surface area contributed by atoms with E-state index in [1.54, 1.807) is 23.1 Å². The third-order valence-electron chi connectivity index (χ3n) is 2.41. The lowest BCUT2D eigenvalue weighted by Crippen LogP contribution is -2.18. The predicted molar refractivity (Wildman–Crippen MR) is 70.5 cm³/mol. The molecule has 5 nitrogen and oxygen atoms in total. The maximum Gasteiger partial charge on any atom is 0.247 e. The van der Waals surface area contributed by atoms with Crippen LogP contribution < -0.4 is 5.32 Å². The Morgan fingerprint density at radius 3 is 3.00 bits per heavy atom. The number of fused-ring (bicyclic) bond motifs is 1. The Labute approximate surface area is 107 Å². The van der Waals surface area contributed by atoms with Gasteiger partial charge in [-0.25, -0.2) is 4.98 Å². The van der Waals surface area contributed by atoms with Crippen LogP contribution in [0.15, 0.2) is 42.7 Å². The van der Waals surface area contributed by atoms with Gasteiger partial charge in [0.1, 0.15) is 6.54 Å². The van der Waals surface area contributed by atoms with Crippen LogP contribution in [0.1, 0.15) is 0 Å². The molecule has 0 fully saturated rings. The molecule has 0 saturated heterocycles. The standard InChI is InChI=1S/C12H10N4OS/c17-11(8-16-7-3-6-13-16)15-12-14-9-4-1-2-5-10(9)18-12/h1-7H,8H2,(H,14,15,17). The van der Waals surface area contributed by atoms with Crippen molar-refractivity contribution in [3.63, 3.8) is 0 Å². The fourth-order valence-corrected chi connectivity index (χ4v) is 2.51. The third-order valence-corrected chi connectivity index (χ3v) is 3.36. The molecule has 0 aliphatic rings. The lowest BCUT2D eigenvalue weighted by molar-refractivity contribution is -0.116. The first kappa shape index (κ1) is 10.9. The summed E-state index contributed by atoms with van der Waals surface area (Å²) in [6, 6.07) is 9.57. The number of nitrogens with one attached hydrogen (secondary N) is 1. The van der Waals surface area contributed by atoms with Crippen LogP contribution in [0.4, 0.5) is 5.13 Å². The molecule has 3 aromatic rings. The summed E-state index contributed by atoms with van der Waals surface area (Å²) in [5.74, 6) is -0.127. The number of anilines is 1. The molecule has 0 aliphatic heterocycles. The first-order valence-corrected chi connectivity index (χ1v) is 6.26. The summed E-state index contributed by atoms with van der Waals surface area (Å²) >= 11 is 1.47. The first-order valence-electron chi connectivity index (χ1n) is 5.44. The van der Waals surface area contributed by atoms with Crippen LogP contribution in [0.2, 0.25) is 0 Å². The van der Waals surface area contributed by atoms with E-state index < -0.39 is 0 Å². The van der Waals surface area contributed by atoms with Crippen LogP contribution in [-0.4, -0.2) is 20.7 Å². The van der Waals surface area contributed by atoms with Crippen LogP contribution in [0, 0.1) is 0 Å². The molecule has 18 heavy (non-hydrogen) atoms. The fraction of sp³-hybridized carbons (Fsp3) is 0.0833. The van der Waals surface area contributed by atoms with Crippen molar-refractivity contribution < 1.29 is 4.79 Å². The molecule has 1 aromatic carbocycles. The number of hydrogen-bond acceptors (Lipinski definition) is 4. The van der Waals surface area contributed by atoms with Crippen molar-refractivity contribution in [2.75, 3.05) is 5.32 Å². The minimum absolute atomic E-state index is 0.127. The van der Waals surface area contributed by atoms with Crippen LogP contribution >= 0.6 is 11.3 Å². The smallest absolute Gasteiger partial charge is 0.247 e. The highest BCUT2D eigenvalue weighted by atomic mass is 32.1. The molecule has 1 amide bonds. The number of thiazole rings is 1. The van der Waals surface area contributed by atoms with E-state index in [1.807, 2.05) is 24.3 Å². The molecule has 0 saturated carbocycles. The molecule has 0 aliphatic carbocycles. The van der Waals surface area contributed by atoms with E-state index in [0.29, 0.717) is 5.13 Å². The number of rotatable bonds is 3. The predicted octanol–water partition coefficient (Wildman–Crippen LogP) is 2.13. The van der Waals surface area contributed by atoms with E-state index in [-0.39, 0.29) is 12.5 Å². The van der Waals surface area contributed by atoms with Crippen molar-refractivity contribution in [2.24, 2.45) is 0 Å². The molecule has 0 spiro atoms. The van der Waals surface area contributed by atoms with Crippen molar-refractivity contribution in [2.45, 2.75) is 6.54 Å². The van der Waals surface area contributed by atoms with Crippen molar-refractivity contribution in [1.29, 1.82) is 0 Å². The molecule has 2 heterocycles. The van der Waals surface area contributed by atoms with E-state index in [0.717, 1.165) is 10.2 Å². The molecule has 6 heteroatoms. The molecular formula is C12H10N4OS. The summed E-state index contributed by atoms with van der Waals surface area (Å²) in [5, 5.41) is 7.38. The highest BCUT2D eigenvalue weighted by Gasteiger charge is 2.07. The van der Waals surface area contributed by atoms with E-state index in [9.17, 15) is 4.79 Å². The average molecular weight is 258 g/mol. The normalized spacial score (nSPS) is 10.7. The van der Waals surface area contributed by atoms with Gasteiger partial charge in [-0.3, -0.25) is 9.48 Å². The molecule has 90 valence electrons. The number of para-hydroxylation sites is 1. The lowest BCUT2D eigenvalue weighted by atomic mass is 10.3. The highest BCUT2D eigenvalue weighted by molar-refractivity contribution is 7.22. The molecule has 2 aromatic heterocycles. The maximum atomic E-state index is 11.8. The number of hydrogen-bond donors (Lipinski definition) is 1. The van der Waals surface area contributed by atoms with Gasteiger partial charge in [0.25, 0.3) is 0 Å². The zero-order valence-corrected chi connectivity index (χ0v) is 10.2. The number of nitrogens with zero attached hydrogens (tertiary/aromatic N) is 3.